The van der Waals surface area contributed by atoms with E-state index in [2.05, 4.69) is 78.6 Å². The maximum atomic E-state index is 13.1. The van der Waals surface area contributed by atoms with Crippen molar-refractivity contribution >= 4 is 23.8 Å². The van der Waals surface area contributed by atoms with E-state index < -0.39 is 7.92 Å². The van der Waals surface area contributed by atoms with Crippen LogP contribution < -0.4 is 15.9 Å². The summed E-state index contributed by atoms with van der Waals surface area (Å²) in [6.07, 6.45) is 0. The van der Waals surface area contributed by atoms with Gasteiger partial charge >= 0.3 is 0 Å². The topological polar surface area (TPSA) is 0 Å². The molecule has 0 aliphatic carbocycles. The summed E-state index contributed by atoms with van der Waals surface area (Å²) in [7, 11) is -0.715. The largest absolute Gasteiger partial charge is 0.207 e. The van der Waals surface area contributed by atoms with Crippen LogP contribution in [0.1, 0.15) is 11.1 Å². The molecule has 4 aromatic rings. The number of benzene rings is 4. The average Bonchev–Trinajstić information content (AvgIpc) is 2.76. The van der Waals surface area contributed by atoms with Crippen LogP contribution in [-0.4, -0.2) is 0 Å². The predicted octanol–water partition coefficient (Wildman–Crippen LogP) is 4.98. The minimum atomic E-state index is -0.715. The summed E-state index contributed by atoms with van der Waals surface area (Å²) < 4.78 is 13.1. The van der Waals surface area contributed by atoms with Gasteiger partial charge in [0, 0.05) is 16.4 Å². The number of rotatable bonds is 3. The first-order valence-electron chi connectivity index (χ1n) is 9.08. The van der Waals surface area contributed by atoms with Gasteiger partial charge in [-0.25, -0.2) is 4.39 Å². The van der Waals surface area contributed by atoms with E-state index in [4.69, 9.17) is 0 Å². The molecule has 0 heterocycles. The monoisotopic (exact) mass is 380 g/mol. The van der Waals surface area contributed by atoms with Crippen molar-refractivity contribution in [3.63, 3.8) is 0 Å². The molecule has 0 radical (unpaired) electrons. The van der Waals surface area contributed by atoms with Gasteiger partial charge in [-0.15, -0.1) is 0 Å². The number of hydrogen-bond donors (Lipinski definition) is 0. The van der Waals surface area contributed by atoms with Crippen LogP contribution in [-0.2, 0) is 0 Å². The van der Waals surface area contributed by atoms with Gasteiger partial charge in [0.2, 0.25) is 0 Å². The first kappa shape index (κ1) is 18.2. The molecule has 0 fully saturated rings. The second kappa shape index (κ2) is 8.66. The van der Waals surface area contributed by atoms with Crippen molar-refractivity contribution in [1.82, 2.24) is 0 Å². The van der Waals surface area contributed by atoms with Crippen molar-refractivity contribution in [3.8, 4) is 11.8 Å². The van der Waals surface area contributed by atoms with E-state index in [0.29, 0.717) is 0 Å². The van der Waals surface area contributed by atoms with Crippen LogP contribution in [0.3, 0.4) is 0 Å². The molecule has 0 nitrogen and oxygen atoms in total. The minimum Gasteiger partial charge on any atom is -0.207 e. The summed E-state index contributed by atoms with van der Waals surface area (Å²) >= 11 is 0. The van der Waals surface area contributed by atoms with E-state index in [1.807, 2.05) is 18.2 Å². The molecule has 134 valence electrons. The molecule has 0 aliphatic heterocycles. The van der Waals surface area contributed by atoms with Crippen molar-refractivity contribution in [2.75, 3.05) is 0 Å². The van der Waals surface area contributed by atoms with Gasteiger partial charge in [-0.2, -0.15) is 0 Å². The van der Waals surface area contributed by atoms with E-state index in [0.717, 1.165) is 11.1 Å². The zero-order valence-corrected chi connectivity index (χ0v) is 16.1. The van der Waals surface area contributed by atoms with Crippen molar-refractivity contribution in [2.45, 2.75) is 0 Å². The van der Waals surface area contributed by atoms with Gasteiger partial charge in [0.15, 0.2) is 0 Å². The average molecular weight is 380 g/mol. The van der Waals surface area contributed by atoms with Crippen LogP contribution in [0.4, 0.5) is 4.39 Å². The van der Waals surface area contributed by atoms with Crippen molar-refractivity contribution in [2.24, 2.45) is 0 Å². The Hall–Kier alpha value is -3.20. The summed E-state index contributed by atoms with van der Waals surface area (Å²) in [4.78, 5) is 0. The molecular weight excluding hydrogens is 362 g/mol. The Morgan fingerprint density at radius 1 is 0.536 bits per heavy atom. The smallest absolute Gasteiger partial charge is 0.123 e. The summed E-state index contributed by atoms with van der Waals surface area (Å²) in [6, 6.07) is 35.8. The molecule has 0 spiro atoms. The molecule has 0 amide bonds. The highest BCUT2D eigenvalue weighted by atomic mass is 31.1. The van der Waals surface area contributed by atoms with Gasteiger partial charge in [-0.3, -0.25) is 0 Å². The molecule has 28 heavy (non-hydrogen) atoms. The Balaban J connectivity index is 1.81. The second-order valence-corrected chi connectivity index (χ2v) is 8.47. The van der Waals surface area contributed by atoms with Crippen LogP contribution in [0.25, 0.3) is 0 Å². The third-order valence-electron chi connectivity index (χ3n) is 4.36. The third-order valence-corrected chi connectivity index (χ3v) is 6.86. The molecular formula is C26H18FP. The van der Waals surface area contributed by atoms with Gasteiger partial charge in [0.05, 0.1) is 0 Å². The van der Waals surface area contributed by atoms with Crippen molar-refractivity contribution < 1.29 is 4.39 Å². The molecule has 0 aliphatic rings. The van der Waals surface area contributed by atoms with E-state index in [-0.39, 0.29) is 5.82 Å². The lowest BCUT2D eigenvalue weighted by molar-refractivity contribution is 0.627. The second-order valence-electron chi connectivity index (χ2n) is 6.28. The SMILES string of the molecule is Fc1ccc(C#Cc2ccccc2P(c2ccccc2)c2ccccc2)cc1. The molecule has 0 unspecified atom stereocenters. The highest BCUT2D eigenvalue weighted by Gasteiger charge is 2.18. The zero-order chi connectivity index (χ0) is 19.2. The molecule has 4 aromatic carbocycles. The molecule has 0 saturated carbocycles. The fourth-order valence-corrected chi connectivity index (χ4v) is 5.43. The molecule has 0 N–H and O–H groups in total. The summed E-state index contributed by atoms with van der Waals surface area (Å²) in [6.45, 7) is 0. The fraction of sp³-hybridized carbons (Fsp3) is 0. The maximum Gasteiger partial charge on any atom is 0.123 e. The molecule has 4 rings (SSSR count). The Bertz CT molecular complexity index is 1070. The van der Waals surface area contributed by atoms with E-state index in [9.17, 15) is 4.39 Å². The van der Waals surface area contributed by atoms with E-state index in [1.165, 1.54) is 28.0 Å². The summed E-state index contributed by atoms with van der Waals surface area (Å²) in [5.74, 6) is 6.25. The minimum absolute atomic E-state index is 0.248. The standard InChI is InChI=1S/C26H18FP/c27-23-19-16-21(17-20-23)15-18-22-9-7-8-14-26(22)28(24-10-3-1-4-11-24)25-12-5-2-6-13-25/h1-14,16-17,19-20H. The predicted molar refractivity (Wildman–Crippen MR) is 118 cm³/mol. The number of hydrogen-bond acceptors (Lipinski definition) is 0. The highest BCUT2D eigenvalue weighted by Crippen LogP contribution is 2.33. The molecule has 0 bridgehead atoms. The Kier molecular flexibility index (Phi) is 5.62. The van der Waals surface area contributed by atoms with Crippen molar-refractivity contribution in [1.29, 1.82) is 0 Å². The normalized spacial score (nSPS) is 10.4. The lowest BCUT2D eigenvalue weighted by atomic mass is 10.2. The molecule has 2 heteroatoms. The van der Waals surface area contributed by atoms with Crippen LogP contribution >= 0.6 is 7.92 Å². The first-order valence-corrected chi connectivity index (χ1v) is 10.4. The summed E-state index contributed by atoms with van der Waals surface area (Å²) in [5, 5.41) is 3.81. The van der Waals surface area contributed by atoms with Gasteiger partial charge in [-0.1, -0.05) is 90.7 Å². The lowest BCUT2D eigenvalue weighted by Crippen LogP contribution is -2.22. The highest BCUT2D eigenvalue weighted by molar-refractivity contribution is 7.79. The number of halogens is 1. The van der Waals surface area contributed by atoms with Gasteiger partial charge < -0.3 is 0 Å². The Morgan fingerprint density at radius 2 is 1.07 bits per heavy atom. The Morgan fingerprint density at radius 3 is 1.68 bits per heavy atom. The maximum absolute atomic E-state index is 13.1. The van der Waals surface area contributed by atoms with Crippen LogP contribution in [0.15, 0.2) is 109 Å². The lowest BCUT2D eigenvalue weighted by Gasteiger charge is -2.20. The quantitative estimate of drug-likeness (QED) is 0.347. The molecule has 0 saturated heterocycles. The van der Waals surface area contributed by atoms with Crippen LogP contribution in [0.5, 0.6) is 0 Å². The summed E-state index contributed by atoms with van der Waals surface area (Å²) in [5.41, 5.74) is 1.81. The molecule has 0 aromatic heterocycles. The molecule has 0 atom stereocenters. The Labute approximate surface area is 166 Å². The van der Waals surface area contributed by atoms with Gasteiger partial charge in [0.25, 0.3) is 0 Å². The van der Waals surface area contributed by atoms with E-state index in [1.54, 1.807) is 12.1 Å². The fourth-order valence-electron chi connectivity index (χ4n) is 3.03. The zero-order valence-electron chi connectivity index (χ0n) is 15.2. The van der Waals surface area contributed by atoms with E-state index >= 15 is 0 Å². The first-order chi connectivity index (χ1) is 13.8. The van der Waals surface area contributed by atoms with Crippen LogP contribution in [0.2, 0.25) is 0 Å². The van der Waals surface area contributed by atoms with Gasteiger partial charge in [0.1, 0.15) is 5.82 Å². The van der Waals surface area contributed by atoms with Crippen molar-refractivity contribution in [3.05, 3.63) is 126 Å². The van der Waals surface area contributed by atoms with Gasteiger partial charge in [-0.05, 0) is 48.9 Å². The third kappa shape index (κ3) is 4.20. The van der Waals surface area contributed by atoms with Crippen LogP contribution in [0, 0.1) is 17.7 Å².